The molecule has 1 N–H and O–H groups in total. The Morgan fingerprint density at radius 3 is 2.27 bits per heavy atom. The summed E-state index contributed by atoms with van der Waals surface area (Å²) >= 11 is 0. The van der Waals surface area contributed by atoms with E-state index in [0.29, 0.717) is 12.1 Å². The maximum Gasteiger partial charge on any atom is 0.449 e. The van der Waals surface area contributed by atoms with Crippen LogP contribution in [0.2, 0.25) is 0 Å². The van der Waals surface area contributed by atoms with Crippen molar-refractivity contribution >= 4 is 5.91 Å². The summed E-state index contributed by atoms with van der Waals surface area (Å²) in [5, 5.41) is 2.39. The third-order valence-electron chi connectivity index (χ3n) is 5.59. The van der Waals surface area contributed by atoms with Crippen LogP contribution >= 0.6 is 0 Å². The molecule has 0 aliphatic heterocycles. The van der Waals surface area contributed by atoms with Crippen molar-refractivity contribution in [3.8, 4) is 5.75 Å². The van der Waals surface area contributed by atoms with Crippen LogP contribution < -0.4 is 15.6 Å². The van der Waals surface area contributed by atoms with Crippen LogP contribution in [0.1, 0.15) is 33.0 Å². The Kier molecular flexibility index (Phi) is 7.42. The van der Waals surface area contributed by atoms with Crippen LogP contribution in [0.25, 0.3) is 0 Å². The molecular formula is C26H22F4N4O3. The van der Waals surface area contributed by atoms with E-state index in [2.05, 4.69) is 10.3 Å². The van der Waals surface area contributed by atoms with Crippen LogP contribution in [0.3, 0.4) is 0 Å². The van der Waals surface area contributed by atoms with E-state index in [1.807, 2.05) is 0 Å². The fourth-order valence-electron chi connectivity index (χ4n) is 3.72. The highest BCUT2D eigenvalue weighted by molar-refractivity contribution is 5.92. The van der Waals surface area contributed by atoms with Crippen molar-refractivity contribution in [1.82, 2.24) is 19.4 Å². The minimum Gasteiger partial charge on any atom is -0.494 e. The quantitative estimate of drug-likeness (QED) is 0.357. The highest BCUT2D eigenvalue weighted by Gasteiger charge is 2.37. The highest BCUT2D eigenvalue weighted by atomic mass is 19.4. The Morgan fingerprint density at radius 1 is 0.973 bits per heavy atom. The van der Waals surface area contributed by atoms with E-state index in [1.54, 1.807) is 42.6 Å². The molecule has 0 aliphatic carbocycles. The van der Waals surface area contributed by atoms with Crippen molar-refractivity contribution in [2.24, 2.45) is 0 Å². The SMILES string of the molecule is COc1cccc(CNC(=O)c2cn(Cc3ccc(Cn4ccccc4=O)cc3)c(C(F)(F)F)n2)c1F. The molecule has 2 heterocycles. The molecule has 2 aromatic carbocycles. The Bertz CT molecular complexity index is 1460. The number of hydrogen-bond acceptors (Lipinski definition) is 4. The molecule has 0 radical (unpaired) electrons. The first-order valence-corrected chi connectivity index (χ1v) is 11.1. The number of halogens is 4. The normalized spacial score (nSPS) is 11.4. The highest BCUT2D eigenvalue weighted by Crippen LogP contribution is 2.29. The van der Waals surface area contributed by atoms with E-state index < -0.39 is 29.4 Å². The van der Waals surface area contributed by atoms with E-state index in [0.717, 1.165) is 16.3 Å². The molecule has 0 atom stereocenters. The number of aromatic nitrogens is 3. The lowest BCUT2D eigenvalue weighted by Gasteiger charge is -2.11. The average molecular weight is 514 g/mol. The van der Waals surface area contributed by atoms with Gasteiger partial charge in [-0.25, -0.2) is 9.37 Å². The molecule has 192 valence electrons. The van der Waals surface area contributed by atoms with Gasteiger partial charge >= 0.3 is 6.18 Å². The summed E-state index contributed by atoms with van der Waals surface area (Å²) in [4.78, 5) is 27.9. The van der Waals surface area contributed by atoms with Crippen molar-refractivity contribution in [2.45, 2.75) is 25.8 Å². The topological polar surface area (TPSA) is 78.1 Å². The van der Waals surface area contributed by atoms with E-state index >= 15 is 0 Å². The molecule has 4 aromatic rings. The molecule has 0 spiro atoms. The van der Waals surface area contributed by atoms with Gasteiger partial charge in [0.2, 0.25) is 5.82 Å². The van der Waals surface area contributed by atoms with E-state index in [4.69, 9.17) is 4.74 Å². The van der Waals surface area contributed by atoms with Gasteiger partial charge in [0.25, 0.3) is 11.5 Å². The van der Waals surface area contributed by atoms with Crippen molar-refractivity contribution in [2.75, 3.05) is 7.11 Å². The van der Waals surface area contributed by atoms with Gasteiger partial charge in [0.15, 0.2) is 11.6 Å². The van der Waals surface area contributed by atoms with Crippen LogP contribution in [0, 0.1) is 5.82 Å². The van der Waals surface area contributed by atoms with Gasteiger partial charge in [-0.2, -0.15) is 13.2 Å². The zero-order valence-corrected chi connectivity index (χ0v) is 19.6. The molecule has 0 unspecified atom stereocenters. The molecule has 0 saturated heterocycles. The Labute approximate surface area is 209 Å². The predicted octanol–water partition coefficient (Wildman–Crippen LogP) is 4.24. The number of amides is 1. The van der Waals surface area contributed by atoms with Gasteiger partial charge in [-0.15, -0.1) is 0 Å². The first kappa shape index (κ1) is 25.7. The summed E-state index contributed by atoms with van der Waals surface area (Å²) in [6.45, 7) is -0.135. The maximum absolute atomic E-state index is 14.3. The molecule has 37 heavy (non-hydrogen) atoms. The van der Waals surface area contributed by atoms with Crippen LogP contribution in [-0.4, -0.2) is 27.1 Å². The summed E-state index contributed by atoms with van der Waals surface area (Å²) < 4.78 is 62.5. The number of nitrogens with zero attached hydrogens (tertiary/aromatic N) is 3. The van der Waals surface area contributed by atoms with Crippen LogP contribution in [0.4, 0.5) is 17.6 Å². The summed E-state index contributed by atoms with van der Waals surface area (Å²) in [6.07, 6.45) is -2.14. The second-order valence-electron chi connectivity index (χ2n) is 8.17. The Morgan fingerprint density at radius 2 is 1.65 bits per heavy atom. The van der Waals surface area contributed by atoms with Gasteiger partial charge < -0.3 is 19.2 Å². The molecule has 2 aromatic heterocycles. The number of alkyl halides is 3. The first-order valence-electron chi connectivity index (χ1n) is 11.1. The molecule has 7 nitrogen and oxygen atoms in total. The summed E-state index contributed by atoms with van der Waals surface area (Å²) in [5.74, 6) is -2.80. The van der Waals surface area contributed by atoms with Crippen molar-refractivity contribution < 1.29 is 27.1 Å². The van der Waals surface area contributed by atoms with Gasteiger partial charge in [0.1, 0.15) is 5.69 Å². The van der Waals surface area contributed by atoms with Gasteiger partial charge in [-0.3, -0.25) is 9.59 Å². The molecule has 0 saturated carbocycles. The third kappa shape index (κ3) is 6.05. The number of ether oxygens (including phenoxy) is 1. The number of methoxy groups -OCH3 is 1. The number of carbonyl (C=O) groups excluding carboxylic acids is 1. The number of hydrogen-bond donors (Lipinski definition) is 1. The Balaban J connectivity index is 1.49. The van der Waals surface area contributed by atoms with Gasteiger partial charge in [-0.1, -0.05) is 42.5 Å². The largest absolute Gasteiger partial charge is 0.494 e. The summed E-state index contributed by atoms with van der Waals surface area (Å²) in [5.41, 5.74) is 0.831. The number of carbonyl (C=O) groups is 1. The van der Waals surface area contributed by atoms with Crippen molar-refractivity contribution in [3.05, 3.63) is 117 Å². The zero-order chi connectivity index (χ0) is 26.6. The molecule has 0 fully saturated rings. The minimum absolute atomic E-state index is 0.0165. The van der Waals surface area contributed by atoms with Gasteiger partial charge in [0, 0.05) is 37.1 Å². The monoisotopic (exact) mass is 514 g/mol. The van der Waals surface area contributed by atoms with E-state index in [-0.39, 0.29) is 30.0 Å². The average Bonchev–Trinajstić information content (AvgIpc) is 3.30. The predicted molar refractivity (Wildman–Crippen MR) is 127 cm³/mol. The minimum atomic E-state index is -4.80. The molecule has 1 amide bonds. The Hall–Kier alpha value is -4.41. The summed E-state index contributed by atoms with van der Waals surface area (Å²) in [7, 11) is 1.30. The zero-order valence-electron chi connectivity index (χ0n) is 19.6. The standard InChI is InChI=1S/C26H22F4N4O3/c1-37-21-6-4-5-19(23(21)27)13-31-24(36)20-16-34(25(32-20)26(28,29)30)15-18-10-8-17(9-11-18)14-33-12-3-2-7-22(33)35/h2-12,16H,13-15H2,1H3,(H,31,36). The smallest absolute Gasteiger partial charge is 0.449 e. The van der Waals surface area contributed by atoms with E-state index in [9.17, 15) is 27.2 Å². The van der Waals surface area contributed by atoms with Gasteiger partial charge in [0.05, 0.1) is 13.7 Å². The number of rotatable bonds is 8. The fraction of sp³-hybridized carbons (Fsp3) is 0.192. The van der Waals surface area contributed by atoms with E-state index in [1.165, 1.54) is 35.9 Å². The number of pyridine rings is 1. The second-order valence-corrected chi connectivity index (χ2v) is 8.17. The fourth-order valence-corrected chi connectivity index (χ4v) is 3.72. The van der Waals surface area contributed by atoms with Crippen LogP contribution in [-0.2, 0) is 25.8 Å². The van der Waals surface area contributed by atoms with Gasteiger partial charge in [-0.05, 0) is 23.3 Å². The number of nitrogens with one attached hydrogen (secondary N) is 1. The number of imidazole rings is 1. The number of benzene rings is 2. The molecular weight excluding hydrogens is 492 g/mol. The molecule has 0 aliphatic rings. The second kappa shape index (κ2) is 10.7. The molecule has 4 rings (SSSR count). The third-order valence-corrected chi connectivity index (χ3v) is 5.59. The van der Waals surface area contributed by atoms with Crippen LogP contribution in [0.5, 0.6) is 5.75 Å². The lowest BCUT2D eigenvalue weighted by atomic mass is 10.1. The van der Waals surface area contributed by atoms with Crippen molar-refractivity contribution in [1.29, 1.82) is 0 Å². The summed E-state index contributed by atoms with van der Waals surface area (Å²) in [6, 6.07) is 15.9. The maximum atomic E-state index is 14.3. The van der Waals surface area contributed by atoms with Crippen molar-refractivity contribution in [3.63, 3.8) is 0 Å². The first-order chi connectivity index (χ1) is 17.7. The molecule has 11 heteroatoms. The van der Waals surface area contributed by atoms with Crippen LogP contribution in [0.15, 0.2) is 77.9 Å². The molecule has 0 bridgehead atoms. The lowest BCUT2D eigenvalue weighted by molar-refractivity contribution is -0.147. The lowest BCUT2D eigenvalue weighted by Crippen LogP contribution is -2.24.